The van der Waals surface area contributed by atoms with Crippen molar-refractivity contribution in [2.75, 3.05) is 0 Å². The normalized spacial score (nSPS) is 16.0. The lowest BCUT2D eigenvalue weighted by molar-refractivity contribution is 0.378. The highest BCUT2D eigenvalue weighted by molar-refractivity contribution is 5.65. The van der Waals surface area contributed by atoms with Crippen molar-refractivity contribution in [3.8, 4) is 23.1 Å². The topological polar surface area (TPSA) is 87.7 Å². The molecule has 2 heterocycles. The standard InChI is InChI=1S/C22H20N4O/c1-13(2)20-19-18(17(12-23)21(24)27-22(19)26-25-20)16-10-8-15(9-11-16)14-6-4-3-5-7-14/h3-11,13,18H,24H2,1-2H3,(H,25,26)/t18-/m0/s1. The van der Waals surface area contributed by atoms with Gasteiger partial charge in [0.1, 0.15) is 11.6 Å². The number of hydrogen-bond donors (Lipinski definition) is 2. The number of H-pyrrole nitrogens is 1. The van der Waals surface area contributed by atoms with E-state index in [9.17, 15) is 5.26 Å². The monoisotopic (exact) mass is 356 g/mol. The summed E-state index contributed by atoms with van der Waals surface area (Å²) in [4.78, 5) is 0. The number of rotatable bonds is 3. The molecule has 2 aromatic carbocycles. The molecule has 0 fully saturated rings. The molecule has 0 unspecified atom stereocenters. The first-order valence-electron chi connectivity index (χ1n) is 8.91. The molecule has 1 aliphatic rings. The van der Waals surface area contributed by atoms with Crippen LogP contribution in [-0.2, 0) is 0 Å². The van der Waals surface area contributed by atoms with E-state index in [0.29, 0.717) is 11.5 Å². The number of nitriles is 1. The maximum Gasteiger partial charge on any atom is 0.244 e. The fraction of sp³-hybridized carbons (Fsp3) is 0.182. The van der Waals surface area contributed by atoms with Gasteiger partial charge in [0, 0.05) is 5.69 Å². The Hall–Kier alpha value is -3.52. The Kier molecular flexibility index (Phi) is 4.17. The average Bonchev–Trinajstić information content (AvgIpc) is 3.11. The van der Waals surface area contributed by atoms with Crippen molar-refractivity contribution >= 4 is 0 Å². The zero-order valence-electron chi connectivity index (χ0n) is 15.2. The van der Waals surface area contributed by atoms with E-state index < -0.39 is 0 Å². The second-order valence-corrected chi connectivity index (χ2v) is 6.92. The first-order valence-corrected chi connectivity index (χ1v) is 8.91. The maximum atomic E-state index is 9.72. The van der Waals surface area contributed by atoms with E-state index in [-0.39, 0.29) is 17.7 Å². The van der Waals surface area contributed by atoms with Gasteiger partial charge in [0.05, 0.1) is 11.5 Å². The number of nitrogens with zero attached hydrogens (tertiary/aromatic N) is 2. The van der Waals surface area contributed by atoms with Crippen molar-refractivity contribution in [3.63, 3.8) is 0 Å². The third-order valence-corrected chi connectivity index (χ3v) is 4.90. The van der Waals surface area contributed by atoms with Crippen LogP contribution >= 0.6 is 0 Å². The third kappa shape index (κ3) is 2.85. The predicted molar refractivity (Wildman–Crippen MR) is 104 cm³/mol. The van der Waals surface area contributed by atoms with E-state index in [0.717, 1.165) is 27.9 Å². The molecule has 27 heavy (non-hydrogen) atoms. The van der Waals surface area contributed by atoms with Crippen molar-refractivity contribution in [1.82, 2.24) is 10.2 Å². The van der Waals surface area contributed by atoms with Gasteiger partial charge in [-0.05, 0) is 22.6 Å². The van der Waals surface area contributed by atoms with Crippen LogP contribution in [0.5, 0.6) is 5.88 Å². The van der Waals surface area contributed by atoms with Crippen molar-refractivity contribution in [2.45, 2.75) is 25.7 Å². The highest BCUT2D eigenvalue weighted by Crippen LogP contribution is 2.44. The molecule has 1 aliphatic heterocycles. The van der Waals surface area contributed by atoms with E-state index in [4.69, 9.17) is 10.5 Å². The maximum absolute atomic E-state index is 9.72. The van der Waals surface area contributed by atoms with Crippen LogP contribution in [0.1, 0.15) is 42.5 Å². The lowest BCUT2D eigenvalue weighted by atomic mass is 9.82. The van der Waals surface area contributed by atoms with Crippen LogP contribution in [0.3, 0.4) is 0 Å². The first kappa shape index (κ1) is 16.9. The number of benzene rings is 2. The summed E-state index contributed by atoms with van der Waals surface area (Å²) in [5.41, 5.74) is 11.5. The number of ether oxygens (including phenoxy) is 1. The molecule has 134 valence electrons. The second-order valence-electron chi connectivity index (χ2n) is 6.92. The number of fused-ring (bicyclic) bond motifs is 1. The number of allylic oxidation sites excluding steroid dienone is 1. The fourth-order valence-electron chi connectivity index (χ4n) is 3.54. The molecule has 0 amide bonds. The molecule has 1 aromatic heterocycles. The molecule has 3 aromatic rings. The van der Waals surface area contributed by atoms with Gasteiger partial charge in [-0.3, -0.25) is 5.10 Å². The van der Waals surface area contributed by atoms with Gasteiger partial charge in [-0.2, -0.15) is 5.26 Å². The molecule has 0 saturated carbocycles. The molecular weight excluding hydrogens is 336 g/mol. The highest BCUT2D eigenvalue weighted by atomic mass is 16.5. The quantitative estimate of drug-likeness (QED) is 0.727. The predicted octanol–water partition coefficient (Wildman–Crippen LogP) is 4.42. The minimum absolute atomic E-state index is 0.115. The van der Waals surface area contributed by atoms with Crippen LogP contribution in [0.25, 0.3) is 11.1 Å². The summed E-state index contributed by atoms with van der Waals surface area (Å²) in [6, 6.07) is 20.7. The zero-order chi connectivity index (χ0) is 19.0. The van der Waals surface area contributed by atoms with E-state index in [2.05, 4.69) is 54.4 Å². The minimum Gasteiger partial charge on any atom is -0.420 e. The molecule has 4 rings (SSSR count). The van der Waals surface area contributed by atoms with E-state index in [1.165, 1.54) is 0 Å². The molecule has 0 aliphatic carbocycles. The van der Waals surface area contributed by atoms with Gasteiger partial charge < -0.3 is 10.5 Å². The van der Waals surface area contributed by atoms with Gasteiger partial charge >= 0.3 is 0 Å². The number of hydrogen-bond acceptors (Lipinski definition) is 4. The average molecular weight is 356 g/mol. The molecule has 5 heteroatoms. The van der Waals surface area contributed by atoms with Gasteiger partial charge in [0.25, 0.3) is 0 Å². The summed E-state index contributed by atoms with van der Waals surface area (Å²) >= 11 is 0. The molecule has 0 spiro atoms. The van der Waals surface area contributed by atoms with Crippen molar-refractivity contribution in [2.24, 2.45) is 5.73 Å². The lowest BCUT2D eigenvalue weighted by Gasteiger charge is -2.25. The van der Waals surface area contributed by atoms with E-state index in [1.54, 1.807) is 0 Å². The number of aromatic amines is 1. The Bertz CT molecular complexity index is 1040. The molecule has 3 N–H and O–H groups in total. The van der Waals surface area contributed by atoms with Gasteiger partial charge in [-0.25, -0.2) is 0 Å². The molecular formula is C22H20N4O. The molecule has 1 atom stereocenters. The second kappa shape index (κ2) is 6.65. The molecule has 0 radical (unpaired) electrons. The summed E-state index contributed by atoms with van der Waals surface area (Å²) in [5.74, 6) is 0.492. The van der Waals surface area contributed by atoms with Crippen LogP contribution < -0.4 is 10.5 Å². The summed E-state index contributed by atoms with van der Waals surface area (Å²) in [6.45, 7) is 4.16. The Morgan fingerprint density at radius 1 is 1.07 bits per heavy atom. The van der Waals surface area contributed by atoms with Gasteiger partial charge in [-0.15, -0.1) is 5.10 Å². The first-order chi connectivity index (χ1) is 13.1. The van der Waals surface area contributed by atoms with Crippen LogP contribution in [0, 0.1) is 11.3 Å². The van der Waals surface area contributed by atoms with E-state index in [1.807, 2.05) is 30.3 Å². The van der Waals surface area contributed by atoms with Crippen LogP contribution in [0.15, 0.2) is 66.1 Å². The highest BCUT2D eigenvalue weighted by Gasteiger charge is 2.35. The van der Waals surface area contributed by atoms with Gasteiger partial charge in [0.15, 0.2) is 0 Å². The summed E-state index contributed by atoms with van der Waals surface area (Å²) in [5, 5.41) is 17.0. The van der Waals surface area contributed by atoms with Crippen molar-refractivity contribution < 1.29 is 4.74 Å². The Morgan fingerprint density at radius 2 is 1.74 bits per heavy atom. The third-order valence-electron chi connectivity index (χ3n) is 4.90. The Morgan fingerprint density at radius 3 is 2.37 bits per heavy atom. The zero-order valence-corrected chi connectivity index (χ0v) is 15.2. The molecule has 0 bridgehead atoms. The Labute approximate surface area is 158 Å². The van der Waals surface area contributed by atoms with Crippen LogP contribution in [0.4, 0.5) is 0 Å². The lowest BCUT2D eigenvalue weighted by Crippen LogP contribution is -2.21. The van der Waals surface area contributed by atoms with Gasteiger partial charge in [-0.1, -0.05) is 68.4 Å². The minimum atomic E-state index is -0.292. The van der Waals surface area contributed by atoms with Crippen molar-refractivity contribution in [3.05, 3.63) is 82.9 Å². The van der Waals surface area contributed by atoms with Gasteiger partial charge in [0.2, 0.25) is 11.8 Å². The van der Waals surface area contributed by atoms with Crippen LogP contribution in [-0.4, -0.2) is 10.2 Å². The number of aromatic nitrogens is 2. The number of nitrogens with one attached hydrogen (secondary N) is 1. The van der Waals surface area contributed by atoms with Crippen LogP contribution in [0.2, 0.25) is 0 Å². The molecule has 0 saturated heterocycles. The van der Waals surface area contributed by atoms with E-state index >= 15 is 0 Å². The number of nitrogens with two attached hydrogens (primary N) is 1. The largest absolute Gasteiger partial charge is 0.420 e. The Balaban J connectivity index is 1.82. The fourth-order valence-corrected chi connectivity index (χ4v) is 3.54. The molecule has 5 nitrogen and oxygen atoms in total. The summed E-state index contributed by atoms with van der Waals surface area (Å²) in [6.07, 6.45) is 0. The van der Waals surface area contributed by atoms with Crippen molar-refractivity contribution in [1.29, 1.82) is 5.26 Å². The summed E-state index contributed by atoms with van der Waals surface area (Å²) < 4.78 is 5.60. The smallest absolute Gasteiger partial charge is 0.244 e. The SMILES string of the molecule is CC(C)c1[nH]nc2c1[C@@H](c1ccc(-c3ccccc3)cc1)C(C#N)=C(N)O2. The summed E-state index contributed by atoms with van der Waals surface area (Å²) in [7, 11) is 0.